The number of amides is 2. The number of piperidine rings is 1. The van der Waals surface area contributed by atoms with E-state index in [4.69, 9.17) is 5.73 Å². The molecule has 1 aliphatic heterocycles. The van der Waals surface area contributed by atoms with Crippen LogP contribution >= 0.6 is 12.4 Å². The first-order valence-electron chi connectivity index (χ1n) is 6.56. The maximum Gasteiger partial charge on any atom is 0.319 e. The van der Waals surface area contributed by atoms with Crippen LogP contribution in [0.4, 0.5) is 4.79 Å². The highest BCUT2D eigenvalue weighted by atomic mass is 35.5. The molecule has 0 spiro atoms. The summed E-state index contributed by atoms with van der Waals surface area (Å²) >= 11 is 0. The topological polar surface area (TPSA) is 49.6 Å². The van der Waals surface area contributed by atoms with Crippen molar-refractivity contribution in [2.45, 2.75) is 33.6 Å². The Bertz CT molecular complexity index is 263. The van der Waals surface area contributed by atoms with Gasteiger partial charge in [0.1, 0.15) is 0 Å². The van der Waals surface area contributed by atoms with Gasteiger partial charge in [-0.05, 0) is 30.7 Å². The number of likely N-dealkylation sites (tertiary alicyclic amines) is 1. The molecule has 0 aromatic heterocycles. The number of hydrogen-bond donors (Lipinski definition) is 1. The number of halogens is 1. The second kappa shape index (κ2) is 7.19. The molecule has 1 rings (SSSR count). The zero-order valence-corrected chi connectivity index (χ0v) is 12.9. The lowest BCUT2D eigenvalue weighted by atomic mass is 9.93. The van der Waals surface area contributed by atoms with Crippen LogP contribution in [-0.4, -0.2) is 49.1 Å². The number of hydrogen-bond acceptors (Lipinski definition) is 2. The molecule has 2 amide bonds. The van der Waals surface area contributed by atoms with Crippen molar-refractivity contribution in [3.63, 3.8) is 0 Å². The first-order chi connectivity index (χ1) is 7.85. The molecule has 2 N–H and O–H groups in total. The summed E-state index contributed by atoms with van der Waals surface area (Å²) in [6, 6.07) is 0.151. The van der Waals surface area contributed by atoms with Gasteiger partial charge in [-0.25, -0.2) is 4.79 Å². The summed E-state index contributed by atoms with van der Waals surface area (Å²) in [6.07, 6.45) is 2.25. The zero-order valence-electron chi connectivity index (χ0n) is 12.1. The fraction of sp³-hybridized carbons (Fsp3) is 0.923. The second-order valence-corrected chi connectivity index (χ2v) is 6.18. The van der Waals surface area contributed by atoms with Crippen LogP contribution in [-0.2, 0) is 0 Å². The minimum absolute atomic E-state index is 0. The number of carbonyl (C=O) groups is 1. The lowest BCUT2D eigenvalue weighted by molar-refractivity contribution is 0.129. The lowest BCUT2D eigenvalue weighted by Crippen LogP contribution is -2.48. The highest BCUT2D eigenvalue weighted by molar-refractivity contribution is 5.85. The van der Waals surface area contributed by atoms with E-state index in [2.05, 4.69) is 20.8 Å². The molecule has 5 heteroatoms. The van der Waals surface area contributed by atoms with E-state index in [9.17, 15) is 4.79 Å². The molecule has 1 fully saturated rings. The van der Waals surface area contributed by atoms with E-state index in [0.717, 1.165) is 31.8 Å². The van der Waals surface area contributed by atoms with Crippen LogP contribution in [0.25, 0.3) is 0 Å². The van der Waals surface area contributed by atoms with Crippen LogP contribution in [0.1, 0.15) is 33.6 Å². The van der Waals surface area contributed by atoms with E-state index in [0.29, 0.717) is 13.1 Å². The number of rotatable bonds is 3. The normalized spacial score (nSPS) is 17.3. The van der Waals surface area contributed by atoms with Gasteiger partial charge in [0.25, 0.3) is 0 Å². The SMILES string of the molecule is CC1CCN(C(=O)N(C)CC(C)(C)CN)CC1.Cl. The zero-order chi connectivity index (χ0) is 13.1. The Balaban J connectivity index is 0.00000289. The predicted octanol–water partition coefficient (Wildman–Crippen LogP) is 2.18. The van der Waals surface area contributed by atoms with Crippen LogP contribution < -0.4 is 5.73 Å². The van der Waals surface area contributed by atoms with Gasteiger partial charge in [0.2, 0.25) is 0 Å². The lowest BCUT2D eigenvalue weighted by Gasteiger charge is -2.36. The van der Waals surface area contributed by atoms with Gasteiger partial charge < -0.3 is 15.5 Å². The Morgan fingerprint density at radius 3 is 2.33 bits per heavy atom. The molecule has 1 aliphatic rings. The summed E-state index contributed by atoms with van der Waals surface area (Å²) in [7, 11) is 1.87. The van der Waals surface area contributed by atoms with Crippen molar-refractivity contribution in [2.24, 2.45) is 17.1 Å². The third-order valence-electron chi connectivity index (χ3n) is 3.60. The molecule has 1 saturated heterocycles. The predicted molar refractivity (Wildman–Crippen MR) is 78.1 cm³/mol. The summed E-state index contributed by atoms with van der Waals surface area (Å²) in [4.78, 5) is 16.0. The molecular weight excluding hydrogens is 250 g/mol. The Hall–Kier alpha value is -0.480. The quantitative estimate of drug-likeness (QED) is 0.860. The maximum atomic E-state index is 12.2. The second-order valence-electron chi connectivity index (χ2n) is 6.18. The van der Waals surface area contributed by atoms with E-state index < -0.39 is 0 Å². The average molecular weight is 278 g/mol. The van der Waals surface area contributed by atoms with Gasteiger partial charge in [0.15, 0.2) is 0 Å². The summed E-state index contributed by atoms with van der Waals surface area (Å²) in [5.41, 5.74) is 5.69. The fourth-order valence-corrected chi connectivity index (χ4v) is 2.22. The van der Waals surface area contributed by atoms with Crippen molar-refractivity contribution in [3.8, 4) is 0 Å². The average Bonchev–Trinajstić information content (AvgIpc) is 2.28. The molecule has 0 saturated carbocycles. The van der Waals surface area contributed by atoms with Gasteiger partial charge >= 0.3 is 6.03 Å². The van der Waals surface area contributed by atoms with Gasteiger partial charge in [-0.15, -0.1) is 12.4 Å². The van der Waals surface area contributed by atoms with Crippen molar-refractivity contribution < 1.29 is 4.79 Å². The smallest absolute Gasteiger partial charge is 0.319 e. The summed E-state index contributed by atoms with van der Waals surface area (Å²) in [5.74, 6) is 0.754. The van der Waals surface area contributed by atoms with Gasteiger partial charge in [0, 0.05) is 26.7 Å². The molecule has 108 valence electrons. The summed E-state index contributed by atoms with van der Waals surface area (Å²) in [6.45, 7) is 9.55. The van der Waals surface area contributed by atoms with Crippen LogP contribution in [0.2, 0.25) is 0 Å². The highest BCUT2D eigenvalue weighted by Crippen LogP contribution is 2.19. The highest BCUT2D eigenvalue weighted by Gasteiger charge is 2.26. The van der Waals surface area contributed by atoms with Crippen molar-refractivity contribution in [1.82, 2.24) is 9.80 Å². The van der Waals surface area contributed by atoms with Crippen molar-refractivity contribution in [2.75, 3.05) is 33.2 Å². The van der Waals surface area contributed by atoms with Crippen LogP contribution in [0.3, 0.4) is 0 Å². The molecule has 0 aromatic carbocycles. The van der Waals surface area contributed by atoms with Gasteiger partial charge in [-0.2, -0.15) is 0 Å². The van der Waals surface area contributed by atoms with E-state index in [-0.39, 0.29) is 23.9 Å². The minimum Gasteiger partial charge on any atom is -0.330 e. The monoisotopic (exact) mass is 277 g/mol. The summed E-state index contributed by atoms with van der Waals surface area (Å²) in [5, 5.41) is 0. The molecule has 0 unspecified atom stereocenters. The molecule has 18 heavy (non-hydrogen) atoms. The molecule has 1 heterocycles. The Morgan fingerprint density at radius 1 is 1.39 bits per heavy atom. The fourth-order valence-electron chi connectivity index (χ4n) is 2.22. The Kier molecular flexibility index (Phi) is 7.00. The standard InChI is InChI=1S/C13H27N3O.ClH/c1-11-5-7-16(8-6-11)12(17)15(4)10-13(2,3)9-14;/h11H,5-10,14H2,1-4H3;1H. The first-order valence-corrected chi connectivity index (χ1v) is 6.56. The van der Waals surface area contributed by atoms with Crippen LogP contribution in [0.15, 0.2) is 0 Å². The van der Waals surface area contributed by atoms with Crippen molar-refractivity contribution in [1.29, 1.82) is 0 Å². The van der Waals surface area contributed by atoms with E-state index in [1.165, 1.54) is 0 Å². The first kappa shape index (κ1) is 17.5. The molecule has 0 aliphatic carbocycles. The van der Waals surface area contributed by atoms with E-state index >= 15 is 0 Å². The largest absolute Gasteiger partial charge is 0.330 e. The third kappa shape index (κ3) is 5.02. The Labute approximate surface area is 117 Å². The number of nitrogens with zero attached hydrogens (tertiary/aromatic N) is 2. The number of nitrogens with two attached hydrogens (primary N) is 1. The molecule has 0 radical (unpaired) electrons. The van der Waals surface area contributed by atoms with Gasteiger partial charge in [-0.1, -0.05) is 20.8 Å². The molecule has 4 nitrogen and oxygen atoms in total. The number of urea groups is 1. The van der Waals surface area contributed by atoms with Crippen molar-refractivity contribution >= 4 is 18.4 Å². The van der Waals surface area contributed by atoms with Crippen LogP contribution in [0, 0.1) is 11.3 Å². The van der Waals surface area contributed by atoms with E-state index in [1.54, 1.807) is 0 Å². The molecule has 0 bridgehead atoms. The van der Waals surface area contributed by atoms with Crippen molar-refractivity contribution in [3.05, 3.63) is 0 Å². The van der Waals surface area contributed by atoms with Gasteiger partial charge in [0.05, 0.1) is 0 Å². The molecular formula is C13H28ClN3O. The number of carbonyl (C=O) groups excluding carboxylic acids is 1. The molecule has 0 atom stereocenters. The summed E-state index contributed by atoms with van der Waals surface area (Å²) < 4.78 is 0. The third-order valence-corrected chi connectivity index (χ3v) is 3.60. The Morgan fingerprint density at radius 2 is 1.89 bits per heavy atom. The van der Waals surface area contributed by atoms with Gasteiger partial charge in [-0.3, -0.25) is 0 Å². The minimum atomic E-state index is -0.00646. The molecule has 0 aromatic rings. The van der Waals surface area contributed by atoms with E-state index in [1.807, 2.05) is 16.8 Å². The maximum absolute atomic E-state index is 12.2. The van der Waals surface area contributed by atoms with Crippen LogP contribution in [0.5, 0.6) is 0 Å².